The molecule has 4 aromatic rings. The van der Waals surface area contributed by atoms with E-state index < -0.39 is 0 Å². The van der Waals surface area contributed by atoms with Gasteiger partial charge in [0.25, 0.3) is 6.01 Å². The van der Waals surface area contributed by atoms with E-state index >= 15 is 0 Å². The zero-order chi connectivity index (χ0) is 18.8. The Labute approximate surface area is 170 Å². The second-order valence-electron chi connectivity index (χ2n) is 6.06. The van der Waals surface area contributed by atoms with Gasteiger partial charge in [0.1, 0.15) is 10.1 Å². The summed E-state index contributed by atoms with van der Waals surface area (Å²) in [6.45, 7) is 3.00. The summed E-state index contributed by atoms with van der Waals surface area (Å²) in [5.41, 5.74) is 4.76. The predicted molar refractivity (Wildman–Crippen MR) is 112 cm³/mol. The standard InChI is InChI=1S/C21H17BrClN3O/c1-2-27-21-24-18-10-11-19(22)25-20(18)26(21)13-16-9-8-15(12-17(16)23)14-6-4-3-5-7-14/h3-12H,2,13H2,1H3. The van der Waals surface area contributed by atoms with Gasteiger partial charge in [-0.15, -0.1) is 0 Å². The number of hydrogen-bond donors (Lipinski definition) is 0. The fraction of sp³-hybridized carbons (Fsp3) is 0.143. The molecule has 6 heteroatoms. The number of benzene rings is 2. The number of fused-ring (bicyclic) bond motifs is 1. The summed E-state index contributed by atoms with van der Waals surface area (Å²) in [6, 6.07) is 20.7. The van der Waals surface area contributed by atoms with Gasteiger partial charge >= 0.3 is 0 Å². The topological polar surface area (TPSA) is 39.9 Å². The molecule has 0 fully saturated rings. The number of nitrogens with zero attached hydrogens (tertiary/aromatic N) is 3. The first-order valence-corrected chi connectivity index (χ1v) is 9.82. The third-order valence-corrected chi connectivity index (χ3v) is 5.08. The summed E-state index contributed by atoms with van der Waals surface area (Å²) in [5.74, 6) is 0. The predicted octanol–water partition coefficient (Wildman–Crippen LogP) is 5.96. The van der Waals surface area contributed by atoms with Crippen LogP contribution in [0.25, 0.3) is 22.3 Å². The largest absolute Gasteiger partial charge is 0.465 e. The van der Waals surface area contributed by atoms with E-state index in [-0.39, 0.29) is 0 Å². The second-order valence-corrected chi connectivity index (χ2v) is 7.28. The highest BCUT2D eigenvalue weighted by molar-refractivity contribution is 9.10. The lowest BCUT2D eigenvalue weighted by Crippen LogP contribution is -2.06. The van der Waals surface area contributed by atoms with Gasteiger partial charge in [0.15, 0.2) is 5.65 Å². The maximum atomic E-state index is 6.60. The molecule has 0 aliphatic rings. The molecule has 0 amide bonds. The zero-order valence-corrected chi connectivity index (χ0v) is 17.0. The van der Waals surface area contributed by atoms with E-state index in [0.717, 1.165) is 32.5 Å². The van der Waals surface area contributed by atoms with Crippen molar-refractivity contribution in [3.05, 3.63) is 75.9 Å². The molecule has 4 rings (SSSR count). The molecule has 0 bridgehead atoms. The molecule has 0 saturated heterocycles. The van der Waals surface area contributed by atoms with E-state index in [1.165, 1.54) is 0 Å². The number of hydrogen-bond acceptors (Lipinski definition) is 3. The normalized spacial score (nSPS) is 11.1. The van der Waals surface area contributed by atoms with Crippen molar-refractivity contribution in [2.75, 3.05) is 6.61 Å². The Bertz CT molecular complexity index is 1100. The molecule has 2 heterocycles. The molecule has 4 nitrogen and oxygen atoms in total. The molecule has 2 aromatic carbocycles. The first kappa shape index (κ1) is 18.0. The lowest BCUT2D eigenvalue weighted by atomic mass is 10.0. The Kier molecular flexibility index (Phi) is 5.14. The van der Waals surface area contributed by atoms with Gasteiger partial charge in [-0.2, -0.15) is 4.98 Å². The van der Waals surface area contributed by atoms with Crippen molar-refractivity contribution in [3.63, 3.8) is 0 Å². The molecule has 0 aliphatic carbocycles. The maximum absolute atomic E-state index is 6.60. The highest BCUT2D eigenvalue weighted by Gasteiger charge is 2.15. The van der Waals surface area contributed by atoms with Gasteiger partial charge in [0, 0.05) is 5.02 Å². The maximum Gasteiger partial charge on any atom is 0.298 e. The van der Waals surface area contributed by atoms with Gasteiger partial charge in [-0.25, -0.2) is 4.98 Å². The van der Waals surface area contributed by atoms with Crippen LogP contribution < -0.4 is 4.74 Å². The minimum atomic E-state index is 0.531. The summed E-state index contributed by atoms with van der Waals surface area (Å²) in [4.78, 5) is 9.11. The number of ether oxygens (including phenoxy) is 1. The van der Waals surface area contributed by atoms with Crippen LogP contribution in [0.4, 0.5) is 0 Å². The van der Waals surface area contributed by atoms with Crippen LogP contribution in [0, 0.1) is 0 Å². The third-order valence-electron chi connectivity index (χ3n) is 4.29. The average molecular weight is 443 g/mol. The van der Waals surface area contributed by atoms with Crippen molar-refractivity contribution in [1.82, 2.24) is 14.5 Å². The molecular weight excluding hydrogens is 426 g/mol. The minimum absolute atomic E-state index is 0.531. The Morgan fingerprint density at radius 2 is 1.81 bits per heavy atom. The summed E-state index contributed by atoms with van der Waals surface area (Å²) in [5, 5.41) is 0.704. The van der Waals surface area contributed by atoms with Crippen molar-refractivity contribution in [2.45, 2.75) is 13.5 Å². The van der Waals surface area contributed by atoms with Crippen molar-refractivity contribution < 1.29 is 4.74 Å². The molecule has 0 saturated carbocycles. The number of halogens is 2. The summed E-state index contributed by atoms with van der Waals surface area (Å²) in [6.07, 6.45) is 0. The molecule has 0 N–H and O–H groups in total. The number of imidazole rings is 1. The summed E-state index contributed by atoms with van der Waals surface area (Å²) >= 11 is 10.0. The third kappa shape index (κ3) is 3.70. The van der Waals surface area contributed by atoms with Gasteiger partial charge in [-0.3, -0.25) is 4.57 Å². The van der Waals surface area contributed by atoms with Crippen LogP contribution in [-0.2, 0) is 6.54 Å². The first-order chi connectivity index (χ1) is 13.2. The van der Waals surface area contributed by atoms with Gasteiger partial charge in [-0.05, 0) is 57.7 Å². The highest BCUT2D eigenvalue weighted by atomic mass is 79.9. The Morgan fingerprint density at radius 3 is 2.56 bits per heavy atom. The smallest absolute Gasteiger partial charge is 0.298 e. The van der Waals surface area contributed by atoms with E-state index in [2.05, 4.69) is 44.1 Å². The van der Waals surface area contributed by atoms with E-state index in [1.54, 1.807) is 0 Å². The quantitative estimate of drug-likeness (QED) is 0.358. The number of pyridine rings is 1. The van der Waals surface area contributed by atoms with Gasteiger partial charge in [0.05, 0.1) is 13.2 Å². The van der Waals surface area contributed by atoms with Gasteiger partial charge in [-0.1, -0.05) is 54.1 Å². The Morgan fingerprint density at radius 1 is 1.00 bits per heavy atom. The van der Waals surface area contributed by atoms with Crippen LogP contribution in [0.15, 0.2) is 65.3 Å². The van der Waals surface area contributed by atoms with Crippen molar-refractivity contribution >= 4 is 38.7 Å². The Balaban J connectivity index is 1.73. The molecule has 136 valence electrons. The van der Waals surface area contributed by atoms with Crippen LogP contribution in [0.3, 0.4) is 0 Å². The average Bonchev–Trinajstić information content (AvgIpc) is 3.01. The lowest BCUT2D eigenvalue weighted by Gasteiger charge is -2.11. The van der Waals surface area contributed by atoms with Gasteiger partial charge in [0.2, 0.25) is 0 Å². The van der Waals surface area contributed by atoms with Gasteiger partial charge < -0.3 is 4.74 Å². The second kappa shape index (κ2) is 7.71. The minimum Gasteiger partial charge on any atom is -0.465 e. The van der Waals surface area contributed by atoms with Crippen molar-refractivity contribution in [1.29, 1.82) is 0 Å². The highest BCUT2D eigenvalue weighted by Crippen LogP contribution is 2.29. The monoisotopic (exact) mass is 441 g/mol. The van der Waals surface area contributed by atoms with Crippen LogP contribution in [0.5, 0.6) is 6.01 Å². The molecule has 0 unspecified atom stereocenters. The molecule has 2 aromatic heterocycles. The van der Waals surface area contributed by atoms with E-state index in [9.17, 15) is 0 Å². The SMILES string of the molecule is CCOc1nc2ccc(Br)nc2n1Cc1ccc(-c2ccccc2)cc1Cl. The van der Waals surface area contributed by atoms with Crippen LogP contribution in [0.2, 0.25) is 5.02 Å². The van der Waals surface area contributed by atoms with Crippen LogP contribution in [0.1, 0.15) is 12.5 Å². The molecule has 0 aliphatic heterocycles. The van der Waals surface area contributed by atoms with Crippen molar-refractivity contribution in [2.24, 2.45) is 0 Å². The van der Waals surface area contributed by atoms with E-state index in [1.807, 2.05) is 54.0 Å². The Hall–Kier alpha value is -2.37. The fourth-order valence-corrected chi connectivity index (χ4v) is 3.54. The molecular formula is C21H17BrClN3O. The van der Waals surface area contributed by atoms with Crippen LogP contribution in [-0.4, -0.2) is 21.1 Å². The molecule has 27 heavy (non-hydrogen) atoms. The fourth-order valence-electron chi connectivity index (χ4n) is 3.00. The number of rotatable bonds is 5. The summed E-state index contributed by atoms with van der Waals surface area (Å²) in [7, 11) is 0. The van der Waals surface area contributed by atoms with E-state index in [0.29, 0.717) is 24.2 Å². The van der Waals surface area contributed by atoms with Crippen molar-refractivity contribution in [3.8, 4) is 17.1 Å². The number of aromatic nitrogens is 3. The molecule has 0 spiro atoms. The molecule has 0 radical (unpaired) electrons. The van der Waals surface area contributed by atoms with E-state index in [4.69, 9.17) is 16.3 Å². The zero-order valence-electron chi connectivity index (χ0n) is 14.7. The summed E-state index contributed by atoms with van der Waals surface area (Å²) < 4.78 is 8.43. The first-order valence-electron chi connectivity index (χ1n) is 8.65. The molecule has 0 atom stereocenters. The van der Waals surface area contributed by atoms with Crippen LogP contribution >= 0.6 is 27.5 Å². The lowest BCUT2D eigenvalue weighted by molar-refractivity contribution is 0.301.